The van der Waals surface area contributed by atoms with E-state index in [0.717, 1.165) is 19.2 Å². The first-order valence-corrected chi connectivity index (χ1v) is 6.48. The minimum atomic E-state index is -1.01. The molecule has 0 spiro atoms. The smallest absolute Gasteiger partial charge is 0.328 e. The topological polar surface area (TPSA) is 72.9 Å². The van der Waals surface area contributed by atoms with Gasteiger partial charge in [-0.3, -0.25) is 4.90 Å². The summed E-state index contributed by atoms with van der Waals surface area (Å²) in [5.74, 6) is -1.01. The van der Waals surface area contributed by atoms with Crippen molar-refractivity contribution in [3.05, 3.63) is 12.2 Å². The maximum Gasteiger partial charge on any atom is 0.328 e. The van der Waals surface area contributed by atoms with Crippen molar-refractivity contribution >= 4 is 12.0 Å². The lowest BCUT2D eigenvalue weighted by atomic mass is 10.1. The van der Waals surface area contributed by atoms with Crippen molar-refractivity contribution < 1.29 is 14.7 Å². The van der Waals surface area contributed by atoms with E-state index in [1.807, 2.05) is 0 Å². The molecule has 1 rings (SSSR count). The molecule has 0 saturated carbocycles. The Balaban J connectivity index is 2.31. The summed E-state index contributed by atoms with van der Waals surface area (Å²) >= 11 is 0. The van der Waals surface area contributed by atoms with E-state index in [2.05, 4.69) is 31.0 Å². The Morgan fingerprint density at radius 2 is 1.79 bits per heavy atom. The molecule has 1 heterocycles. The first kappa shape index (κ1) is 15.5. The number of amides is 2. The van der Waals surface area contributed by atoms with Crippen LogP contribution in [0.1, 0.15) is 20.8 Å². The first-order chi connectivity index (χ1) is 8.80. The quantitative estimate of drug-likeness (QED) is 0.742. The van der Waals surface area contributed by atoms with E-state index in [0.29, 0.717) is 13.1 Å². The Labute approximate surface area is 114 Å². The summed E-state index contributed by atoms with van der Waals surface area (Å²) < 4.78 is 0. The zero-order valence-corrected chi connectivity index (χ0v) is 11.8. The minimum Gasteiger partial charge on any atom is -0.478 e. The van der Waals surface area contributed by atoms with Crippen LogP contribution in [0, 0.1) is 0 Å². The van der Waals surface area contributed by atoms with Gasteiger partial charge in [0.25, 0.3) is 0 Å². The highest BCUT2D eigenvalue weighted by Gasteiger charge is 2.27. The summed E-state index contributed by atoms with van der Waals surface area (Å²) in [4.78, 5) is 26.2. The molecule has 1 aliphatic heterocycles. The second-order valence-electron chi connectivity index (χ2n) is 5.57. The van der Waals surface area contributed by atoms with Gasteiger partial charge in [0, 0.05) is 44.3 Å². The van der Waals surface area contributed by atoms with Crippen molar-refractivity contribution in [3.8, 4) is 0 Å². The molecule has 1 aliphatic rings. The van der Waals surface area contributed by atoms with Gasteiger partial charge in [-0.2, -0.15) is 0 Å². The maximum atomic E-state index is 11.8. The van der Waals surface area contributed by atoms with Gasteiger partial charge < -0.3 is 15.3 Å². The SMILES string of the molecule is CC(C)(C)N1CCN(C(=O)NC/C=C/C(=O)O)CC1. The summed E-state index contributed by atoms with van der Waals surface area (Å²) in [7, 11) is 0. The molecule has 6 nitrogen and oxygen atoms in total. The fourth-order valence-corrected chi connectivity index (χ4v) is 2.00. The fourth-order valence-electron chi connectivity index (χ4n) is 2.00. The third kappa shape index (κ3) is 5.30. The molecule has 0 aromatic heterocycles. The summed E-state index contributed by atoms with van der Waals surface area (Å²) in [6, 6.07) is -0.136. The van der Waals surface area contributed by atoms with Gasteiger partial charge in [0.2, 0.25) is 0 Å². The summed E-state index contributed by atoms with van der Waals surface area (Å²) in [5, 5.41) is 11.1. The molecule has 0 atom stereocenters. The molecule has 108 valence electrons. The van der Waals surface area contributed by atoms with E-state index in [1.54, 1.807) is 4.90 Å². The van der Waals surface area contributed by atoms with Gasteiger partial charge in [-0.25, -0.2) is 9.59 Å². The second kappa shape index (κ2) is 6.56. The van der Waals surface area contributed by atoms with Crippen LogP contribution < -0.4 is 5.32 Å². The van der Waals surface area contributed by atoms with Crippen molar-refractivity contribution in [2.24, 2.45) is 0 Å². The van der Waals surface area contributed by atoms with Gasteiger partial charge in [-0.05, 0) is 20.8 Å². The normalized spacial score (nSPS) is 17.7. The molecule has 2 amide bonds. The lowest BCUT2D eigenvalue weighted by molar-refractivity contribution is -0.131. The Bertz CT molecular complexity index is 353. The van der Waals surface area contributed by atoms with Crippen molar-refractivity contribution in [2.45, 2.75) is 26.3 Å². The monoisotopic (exact) mass is 269 g/mol. The highest BCUT2D eigenvalue weighted by atomic mass is 16.4. The summed E-state index contributed by atoms with van der Waals surface area (Å²) in [6.07, 6.45) is 2.45. The van der Waals surface area contributed by atoms with Crippen LogP contribution in [-0.4, -0.2) is 65.2 Å². The average Bonchev–Trinajstić information content (AvgIpc) is 2.33. The van der Waals surface area contributed by atoms with E-state index in [4.69, 9.17) is 5.11 Å². The molecule has 0 bridgehead atoms. The Morgan fingerprint density at radius 3 is 2.26 bits per heavy atom. The predicted octanol–water partition coefficient (Wildman–Crippen LogP) is 0.753. The van der Waals surface area contributed by atoms with Crippen molar-refractivity contribution in [3.63, 3.8) is 0 Å². The van der Waals surface area contributed by atoms with Crippen LogP contribution in [0.5, 0.6) is 0 Å². The zero-order valence-electron chi connectivity index (χ0n) is 11.8. The first-order valence-electron chi connectivity index (χ1n) is 6.48. The molecule has 1 fully saturated rings. The summed E-state index contributed by atoms with van der Waals surface area (Å²) in [5.41, 5.74) is 0.132. The number of aliphatic carboxylic acids is 1. The molecule has 0 aromatic rings. The van der Waals surface area contributed by atoms with Crippen LogP contribution in [-0.2, 0) is 4.79 Å². The summed E-state index contributed by atoms with van der Waals surface area (Å²) in [6.45, 7) is 9.87. The van der Waals surface area contributed by atoms with Crippen molar-refractivity contribution in [2.75, 3.05) is 32.7 Å². The van der Waals surface area contributed by atoms with E-state index < -0.39 is 5.97 Å². The minimum absolute atomic E-state index is 0.132. The van der Waals surface area contributed by atoms with Crippen molar-refractivity contribution in [1.29, 1.82) is 0 Å². The van der Waals surface area contributed by atoms with E-state index >= 15 is 0 Å². The molecular formula is C13H23N3O3. The number of hydrogen-bond donors (Lipinski definition) is 2. The van der Waals surface area contributed by atoms with Gasteiger partial charge >= 0.3 is 12.0 Å². The third-order valence-corrected chi connectivity index (χ3v) is 3.15. The van der Waals surface area contributed by atoms with Gasteiger partial charge in [-0.1, -0.05) is 6.08 Å². The average molecular weight is 269 g/mol. The highest BCUT2D eigenvalue weighted by Crippen LogP contribution is 2.15. The van der Waals surface area contributed by atoms with E-state index in [-0.39, 0.29) is 18.1 Å². The van der Waals surface area contributed by atoms with Gasteiger partial charge in [0.1, 0.15) is 0 Å². The number of hydrogen-bond acceptors (Lipinski definition) is 3. The highest BCUT2D eigenvalue weighted by molar-refractivity contribution is 5.80. The standard InChI is InChI=1S/C13H23N3O3/c1-13(2,3)16-9-7-15(8-10-16)12(19)14-6-4-5-11(17)18/h4-5H,6-10H2,1-3H3,(H,14,19)(H,17,18)/b5-4+. The van der Waals surface area contributed by atoms with Crippen LogP contribution in [0.2, 0.25) is 0 Å². The maximum absolute atomic E-state index is 11.8. The Morgan fingerprint density at radius 1 is 1.21 bits per heavy atom. The van der Waals surface area contributed by atoms with E-state index in [9.17, 15) is 9.59 Å². The molecule has 2 N–H and O–H groups in total. The zero-order chi connectivity index (χ0) is 14.5. The molecule has 0 aromatic carbocycles. The number of piperazine rings is 1. The number of carboxylic acids is 1. The Hall–Kier alpha value is -1.56. The lowest BCUT2D eigenvalue weighted by Gasteiger charge is -2.42. The fraction of sp³-hybridized carbons (Fsp3) is 0.692. The molecule has 0 aliphatic carbocycles. The van der Waals surface area contributed by atoms with Crippen LogP contribution >= 0.6 is 0 Å². The van der Waals surface area contributed by atoms with Crippen molar-refractivity contribution in [1.82, 2.24) is 15.1 Å². The van der Waals surface area contributed by atoms with Gasteiger partial charge in [-0.15, -0.1) is 0 Å². The van der Waals surface area contributed by atoms with Crippen LogP contribution in [0.4, 0.5) is 4.79 Å². The molecule has 0 radical (unpaired) electrons. The van der Waals surface area contributed by atoms with Gasteiger partial charge in [0.15, 0.2) is 0 Å². The number of urea groups is 1. The van der Waals surface area contributed by atoms with Gasteiger partial charge in [0.05, 0.1) is 0 Å². The van der Waals surface area contributed by atoms with Crippen LogP contribution in [0.25, 0.3) is 0 Å². The second-order valence-corrected chi connectivity index (χ2v) is 5.57. The third-order valence-electron chi connectivity index (χ3n) is 3.15. The lowest BCUT2D eigenvalue weighted by Crippen LogP contribution is -2.56. The number of nitrogens with zero attached hydrogens (tertiary/aromatic N) is 2. The number of carboxylic acid groups (broad SMARTS) is 1. The largest absolute Gasteiger partial charge is 0.478 e. The van der Waals surface area contributed by atoms with E-state index in [1.165, 1.54) is 6.08 Å². The molecule has 19 heavy (non-hydrogen) atoms. The molecule has 6 heteroatoms. The molecule has 1 saturated heterocycles. The number of carbonyl (C=O) groups is 2. The van der Waals surface area contributed by atoms with Crippen LogP contribution in [0.15, 0.2) is 12.2 Å². The molecular weight excluding hydrogens is 246 g/mol. The number of carbonyl (C=O) groups excluding carboxylic acids is 1. The number of rotatable bonds is 3. The molecule has 0 unspecified atom stereocenters. The Kier molecular flexibility index (Phi) is 5.35. The number of nitrogens with one attached hydrogen (secondary N) is 1. The van der Waals surface area contributed by atoms with Crippen LogP contribution in [0.3, 0.4) is 0 Å². The predicted molar refractivity (Wildman–Crippen MR) is 73.1 cm³/mol.